The molecule has 0 saturated heterocycles. The van der Waals surface area contributed by atoms with E-state index in [2.05, 4.69) is 10.3 Å². The fourth-order valence-electron chi connectivity index (χ4n) is 3.01. The van der Waals surface area contributed by atoms with E-state index in [1.165, 1.54) is 6.20 Å². The third-order valence-electron chi connectivity index (χ3n) is 4.43. The van der Waals surface area contributed by atoms with Gasteiger partial charge in [0.15, 0.2) is 5.89 Å². The maximum atomic E-state index is 12.4. The van der Waals surface area contributed by atoms with Gasteiger partial charge in [0.2, 0.25) is 5.76 Å². The Morgan fingerprint density at radius 1 is 1.17 bits per heavy atom. The van der Waals surface area contributed by atoms with Gasteiger partial charge in [-0.2, -0.15) is 0 Å². The van der Waals surface area contributed by atoms with Gasteiger partial charge < -0.3 is 14.8 Å². The van der Waals surface area contributed by atoms with Crippen LogP contribution < -0.4 is 5.32 Å². The summed E-state index contributed by atoms with van der Waals surface area (Å²) in [7, 11) is 0. The van der Waals surface area contributed by atoms with Gasteiger partial charge in [-0.25, -0.2) is 4.98 Å². The highest BCUT2D eigenvalue weighted by molar-refractivity contribution is 6.30. The van der Waals surface area contributed by atoms with E-state index in [1.54, 1.807) is 0 Å². The van der Waals surface area contributed by atoms with Crippen LogP contribution in [0.1, 0.15) is 35.4 Å². The molecule has 1 atom stereocenters. The zero-order valence-electron chi connectivity index (χ0n) is 15.9. The van der Waals surface area contributed by atoms with Gasteiger partial charge in [0.25, 0.3) is 5.91 Å². The van der Waals surface area contributed by atoms with Gasteiger partial charge in [0, 0.05) is 17.5 Å². The number of aromatic nitrogens is 1. The molecule has 0 aliphatic carbocycles. The maximum absolute atomic E-state index is 12.4. The van der Waals surface area contributed by atoms with E-state index in [-0.39, 0.29) is 12.2 Å². The molecule has 3 aromatic rings. The number of hydrogen-bond acceptors (Lipinski definition) is 4. The number of hydrogen-bond donors (Lipinski definition) is 2. The SMILES string of the molecule is CCc1ncc(C(=O)NC(CC(=O)O)Cc2ccc(-c3cccc(Cl)c3)cc2)o1. The molecular formula is C22H21ClN2O4. The Hall–Kier alpha value is -3.12. The van der Waals surface area contributed by atoms with Crippen molar-refractivity contribution in [2.24, 2.45) is 0 Å². The van der Waals surface area contributed by atoms with Gasteiger partial charge >= 0.3 is 5.97 Å². The number of carbonyl (C=O) groups is 2. The molecular weight excluding hydrogens is 392 g/mol. The average molecular weight is 413 g/mol. The number of carbonyl (C=O) groups excluding carboxylic acids is 1. The summed E-state index contributed by atoms with van der Waals surface area (Å²) in [5, 5.41) is 12.6. The molecule has 0 fully saturated rings. The van der Waals surface area contributed by atoms with Crippen molar-refractivity contribution in [2.45, 2.75) is 32.2 Å². The lowest BCUT2D eigenvalue weighted by Gasteiger charge is -2.16. The predicted molar refractivity (Wildman–Crippen MR) is 110 cm³/mol. The summed E-state index contributed by atoms with van der Waals surface area (Å²) in [5.41, 5.74) is 2.91. The van der Waals surface area contributed by atoms with E-state index in [9.17, 15) is 14.7 Å². The highest BCUT2D eigenvalue weighted by atomic mass is 35.5. The number of halogens is 1. The van der Waals surface area contributed by atoms with Crippen LogP contribution in [0.2, 0.25) is 5.02 Å². The van der Waals surface area contributed by atoms with Crippen molar-refractivity contribution in [1.82, 2.24) is 10.3 Å². The van der Waals surface area contributed by atoms with Gasteiger partial charge in [0.1, 0.15) is 0 Å². The summed E-state index contributed by atoms with van der Waals surface area (Å²) in [5.74, 6) is -0.924. The normalized spacial score (nSPS) is 11.8. The summed E-state index contributed by atoms with van der Waals surface area (Å²) in [6.07, 6.45) is 2.11. The molecule has 7 heteroatoms. The van der Waals surface area contributed by atoms with Crippen molar-refractivity contribution in [2.75, 3.05) is 0 Å². The molecule has 0 aliphatic rings. The largest absolute Gasteiger partial charge is 0.481 e. The number of carboxylic acids is 1. The molecule has 1 heterocycles. The molecule has 1 unspecified atom stereocenters. The summed E-state index contributed by atoms with van der Waals surface area (Å²) < 4.78 is 5.34. The van der Waals surface area contributed by atoms with Crippen LogP contribution in [0, 0.1) is 0 Å². The number of benzene rings is 2. The number of oxazole rings is 1. The minimum absolute atomic E-state index is 0.0774. The molecule has 6 nitrogen and oxygen atoms in total. The van der Waals surface area contributed by atoms with Crippen LogP contribution in [0.4, 0.5) is 0 Å². The summed E-state index contributed by atoms with van der Waals surface area (Å²) in [4.78, 5) is 27.6. The molecule has 0 saturated carbocycles. The van der Waals surface area contributed by atoms with Crippen LogP contribution in [0.25, 0.3) is 11.1 Å². The van der Waals surface area contributed by atoms with Crippen LogP contribution in [0.5, 0.6) is 0 Å². The standard InChI is InChI=1S/C22H21ClN2O4/c1-2-20-24-13-19(29-20)22(28)25-18(12-21(26)27)10-14-6-8-15(9-7-14)16-4-3-5-17(23)11-16/h3-9,11,13,18H,2,10,12H2,1H3,(H,25,28)(H,26,27). The third kappa shape index (κ3) is 5.68. The van der Waals surface area contributed by atoms with Gasteiger partial charge in [-0.05, 0) is 35.2 Å². The first-order valence-corrected chi connectivity index (χ1v) is 9.64. The molecule has 2 aromatic carbocycles. The van der Waals surface area contributed by atoms with Gasteiger partial charge in [-0.1, -0.05) is 54.9 Å². The first-order chi connectivity index (χ1) is 13.9. The second-order valence-electron chi connectivity index (χ2n) is 6.65. The second-order valence-corrected chi connectivity index (χ2v) is 7.09. The van der Waals surface area contributed by atoms with Gasteiger partial charge in [0.05, 0.1) is 12.6 Å². The Morgan fingerprint density at radius 2 is 1.93 bits per heavy atom. The predicted octanol–water partition coefficient (Wildman–Crippen LogP) is 4.37. The van der Waals surface area contributed by atoms with E-state index in [0.29, 0.717) is 23.8 Å². The number of carboxylic acid groups (broad SMARTS) is 1. The first-order valence-electron chi connectivity index (χ1n) is 9.27. The zero-order chi connectivity index (χ0) is 20.8. The van der Waals surface area contributed by atoms with Crippen molar-refractivity contribution in [3.63, 3.8) is 0 Å². The third-order valence-corrected chi connectivity index (χ3v) is 4.67. The quantitative estimate of drug-likeness (QED) is 0.573. The lowest BCUT2D eigenvalue weighted by atomic mass is 9.99. The highest BCUT2D eigenvalue weighted by Crippen LogP contribution is 2.23. The number of rotatable bonds is 8. The van der Waals surface area contributed by atoms with Crippen LogP contribution in [-0.4, -0.2) is 28.0 Å². The fourth-order valence-corrected chi connectivity index (χ4v) is 3.20. The van der Waals surface area contributed by atoms with E-state index in [0.717, 1.165) is 16.7 Å². The molecule has 3 rings (SSSR count). The molecule has 0 radical (unpaired) electrons. The number of amides is 1. The lowest BCUT2D eigenvalue weighted by molar-refractivity contribution is -0.137. The molecule has 29 heavy (non-hydrogen) atoms. The van der Waals surface area contributed by atoms with Crippen molar-refractivity contribution in [3.8, 4) is 11.1 Å². The van der Waals surface area contributed by atoms with E-state index < -0.39 is 17.9 Å². The van der Waals surface area contributed by atoms with Gasteiger partial charge in [-0.3, -0.25) is 9.59 Å². The van der Waals surface area contributed by atoms with Crippen LogP contribution >= 0.6 is 11.6 Å². The smallest absolute Gasteiger partial charge is 0.305 e. The Kier molecular flexibility index (Phi) is 6.67. The molecule has 0 bridgehead atoms. The van der Waals surface area contributed by atoms with Crippen LogP contribution in [-0.2, 0) is 17.6 Å². The van der Waals surface area contributed by atoms with Crippen LogP contribution in [0.3, 0.4) is 0 Å². The Balaban J connectivity index is 1.71. The number of aryl methyl sites for hydroxylation is 1. The van der Waals surface area contributed by atoms with E-state index in [1.807, 2.05) is 55.5 Å². The number of nitrogens with zero attached hydrogens (tertiary/aromatic N) is 1. The summed E-state index contributed by atoms with van der Waals surface area (Å²) in [6.45, 7) is 1.87. The molecule has 1 amide bonds. The summed E-state index contributed by atoms with van der Waals surface area (Å²) in [6, 6.07) is 14.7. The first kappa shape index (κ1) is 20.6. The number of nitrogens with one attached hydrogen (secondary N) is 1. The van der Waals surface area contributed by atoms with Crippen molar-refractivity contribution >= 4 is 23.5 Å². The van der Waals surface area contributed by atoms with E-state index in [4.69, 9.17) is 16.0 Å². The average Bonchev–Trinajstić information content (AvgIpc) is 3.17. The van der Waals surface area contributed by atoms with Crippen molar-refractivity contribution in [3.05, 3.63) is 77.0 Å². The van der Waals surface area contributed by atoms with Gasteiger partial charge in [-0.15, -0.1) is 0 Å². The second kappa shape index (κ2) is 9.39. The maximum Gasteiger partial charge on any atom is 0.305 e. The summed E-state index contributed by atoms with van der Waals surface area (Å²) >= 11 is 6.05. The minimum atomic E-state index is -0.988. The minimum Gasteiger partial charge on any atom is -0.481 e. The van der Waals surface area contributed by atoms with Crippen molar-refractivity contribution < 1.29 is 19.1 Å². The Morgan fingerprint density at radius 3 is 2.55 bits per heavy atom. The number of aliphatic carboxylic acids is 1. The molecule has 1 aromatic heterocycles. The zero-order valence-corrected chi connectivity index (χ0v) is 16.6. The Labute approximate surface area is 173 Å². The fraction of sp³-hybridized carbons (Fsp3) is 0.227. The van der Waals surface area contributed by atoms with E-state index >= 15 is 0 Å². The highest BCUT2D eigenvalue weighted by Gasteiger charge is 2.20. The monoisotopic (exact) mass is 412 g/mol. The van der Waals surface area contributed by atoms with Crippen molar-refractivity contribution in [1.29, 1.82) is 0 Å². The molecule has 150 valence electrons. The molecule has 0 spiro atoms. The topological polar surface area (TPSA) is 92.4 Å². The lowest BCUT2D eigenvalue weighted by Crippen LogP contribution is -2.38. The van der Waals surface area contributed by atoms with Crippen LogP contribution in [0.15, 0.2) is 59.1 Å². The Bertz CT molecular complexity index is 998. The molecule has 0 aliphatic heterocycles. The molecule has 2 N–H and O–H groups in total.